The summed E-state index contributed by atoms with van der Waals surface area (Å²) in [7, 11) is 0. The van der Waals surface area contributed by atoms with Gasteiger partial charge in [-0.15, -0.1) is 0 Å². The Kier molecular flexibility index (Phi) is 2.61. The van der Waals surface area contributed by atoms with Gasteiger partial charge >= 0.3 is 0 Å². The van der Waals surface area contributed by atoms with Crippen LogP contribution in [0.1, 0.15) is 5.56 Å². The van der Waals surface area contributed by atoms with Gasteiger partial charge in [0.15, 0.2) is 0 Å². The highest BCUT2D eigenvalue weighted by molar-refractivity contribution is 9.10. The molecule has 4 heteroatoms. The summed E-state index contributed by atoms with van der Waals surface area (Å²) in [6.07, 6.45) is 1.69. The molecule has 0 bridgehead atoms. The lowest BCUT2D eigenvalue weighted by molar-refractivity contribution is 0.880. The Morgan fingerprint density at radius 3 is 2.79 bits per heavy atom. The zero-order valence-electron chi connectivity index (χ0n) is 7.54. The zero-order valence-corrected chi connectivity index (χ0v) is 9.88. The normalized spacial score (nSPS) is 10.5. The molecule has 0 atom stereocenters. The first-order valence-electron chi connectivity index (χ1n) is 4.14. The van der Waals surface area contributed by atoms with Gasteiger partial charge in [0.2, 0.25) is 0 Å². The Morgan fingerprint density at radius 2 is 2.21 bits per heavy atom. The van der Waals surface area contributed by atoms with Crippen molar-refractivity contribution in [1.29, 1.82) is 0 Å². The third-order valence-corrected chi connectivity index (χ3v) is 3.09. The van der Waals surface area contributed by atoms with E-state index in [4.69, 9.17) is 11.6 Å². The van der Waals surface area contributed by atoms with Gasteiger partial charge in [-0.2, -0.15) is 5.10 Å². The first-order valence-corrected chi connectivity index (χ1v) is 5.31. The van der Waals surface area contributed by atoms with E-state index in [1.54, 1.807) is 10.9 Å². The molecule has 0 aliphatic carbocycles. The number of rotatable bonds is 1. The van der Waals surface area contributed by atoms with Crippen LogP contribution in [0.2, 0.25) is 5.15 Å². The fourth-order valence-corrected chi connectivity index (χ4v) is 1.70. The number of aromatic nitrogens is 2. The van der Waals surface area contributed by atoms with E-state index < -0.39 is 0 Å². The molecule has 0 unspecified atom stereocenters. The fourth-order valence-electron chi connectivity index (χ4n) is 1.25. The van der Waals surface area contributed by atoms with Crippen molar-refractivity contribution in [3.63, 3.8) is 0 Å². The molecule has 0 amide bonds. The van der Waals surface area contributed by atoms with Gasteiger partial charge in [-0.05, 0) is 40.5 Å². The number of hydrogen-bond donors (Lipinski definition) is 0. The van der Waals surface area contributed by atoms with Crippen LogP contribution in [0.3, 0.4) is 0 Å². The Balaban J connectivity index is 2.55. The van der Waals surface area contributed by atoms with Crippen molar-refractivity contribution in [2.45, 2.75) is 6.92 Å². The van der Waals surface area contributed by atoms with Crippen LogP contribution < -0.4 is 0 Å². The Morgan fingerprint density at radius 1 is 1.43 bits per heavy atom. The summed E-state index contributed by atoms with van der Waals surface area (Å²) >= 11 is 9.37. The van der Waals surface area contributed by atoms with Gasteiger partial charge in [0.25, 0.3) is 0 Å². The van der Waals surface area contributed by atoms with Gasteiger partial charge in [-0.1, -0.05) is 23.7 Å². The molecular formula is C10H8BrClN2. The van der Waals surface area contributed by atoms with Crippen molar-refractivity contribution >= 4 is 27.5 Å². The SMILES string of the molecule is Cc1cccc(-n2ncc(Br)c2Cl)c1. The summed E-state index contributed by atoms with van der Waals surface area (Å²) in [5.41, 5.74) is 2.16. The number of halogens is 2. The van der Waals surface area contributed by atoms with Crippen LogP contribution >= 0.6 is 27.5 Å². The smallest absolute Gasteiger partial charge is 0.147 e. The highest BCUT2D eigenvalue weighted by Crippen LogP contribution is 2.24. The average Bonchev–Trinajstić information content (AvgIpc) is 2.48. The fraction of sp³-hybridized carbons (Fsp3) is 0.100. The third-order valence-electron chi connectivity index (χ3n) is 1.92. The number of benzene rings is 1. The maximum atomic E-state index is 6.05. The lowest BCUT2D eigenvalue weighted by Gasteiger charge is -2.03. The molecule has 0 spiro atoms. The predicted molar refractivity (Wildman–Crippen MR) is 61.0 cm³/mol. The lowest BCUT2D eigenvalue weighted by Crippen LogP contribution is -1.95. The number of nitrogens with zero attached hydrogens (tertiary/aromatic N) is 2. The molecule has 0 fully saturated rings. The van der Waals surface area contributed by atoms with Gasteiger partial charge in [-0.3, -0.25) is 0 Å². The standard InChI is InChI=1S/C10H8BrClN2/c1-7-3-2-4-8(5-7)14-10(12)9(11)6-13-14/h2-6H,1H3. The Labute approximate surface area is 95.6 Å². The largest absolute Gasteiger partial charge is 0.221 e. The molecule has 14 heavy (non-hydrogen) atoms. The number of hydrogen-bond acceptors (Lipinski definition) is 1. The summed E-state index contributed by atoms with van der Waals surface area (Å²) in [5.74, 6) is 0. The lowest BCUT2D eigenvalue weighted by atomic mass is 10.2. The van der Waals surface area contributed by atoms with E-state index in [2.05, 4.69) is 21.0 Å². The topological polar surface area (TPSA) is 17.8 Å². The summed E-state index contributed by atoms with van der Waals surface area (Å²) < 4.78 is 2.50. The van der Waals surface area contributed by atoms with Crippen LogP contribution in [-0.4, -0.2) is 9.78 Å². The summed E-state index contributed by atoms with van der Waals surface area (Å²) in [4.78, 5) is 0. The molecule has 1 heterocycles. The van der Waals surface area contributed by atoms with Crippen molar-refractivity contribution in [2.24, 2.45) is 0 Å². The van der Waals surface area contributed by atoms with Gasteiger partial charge < -0.3 is 0 Å². The maximum absolute atomic E-state index is 6.05. The molecule has 0 aliphatic rings. The van der Waals surface area contributed by atoms with Gasteiger partial charge in [-0.25, -0.2) is 4.68 Å². The van der Waals surface area contributed by atoms with Crippen molar-refractivity contribution in [1.82, 2.24) is 9.78 Å². The van der Waals surface area contributed by atoms with Crippen LogP contribution in [0.15, 0.2) is 34.9 Å². The second-order valence-corrected chi connectivity index (χ2v) is 4.25. The molecule has 2 rings (SSSR count). The van der Waals surface area contributed by atoms with Gasteiger partial charge in [0.1, 0.15) is 5.15 Å². The average molecular weight is 272 g/mol. The molecule has 72 valence electrons. The third kappa shape index (κ3) is 1.70. The molecule has 1 aromatic heterocycles. The molecule has 1 aromatic carbocycles. The molecule has 0 aliphatic heterocycles. The van der Waals surface area contributed by atoms with E-state index in [1.165, 1.54) is 5.56 Å². The summed E-state index contributed by atoms with van der Waals surface area (Å²) in [6.45, 7) is 2.04. The van der Waals surface area contributed by atoms with E-state index in [9.17, 15) is 0 Å². The minimum atomic E-state index is 0.593. The molecule has 2 nitrogen and oxygen atoms in total. The predicted octanol–water partition coefficient (Wildman–Crippen LogP) is 3.60. The second-order valence-electron chi connectivity index (χ2n) is 3.03. The zero-order chi connectivity index (χ0) is 10.1. The monoisotopic (exact) mass is 270 g/mol. The van der Waals surface area contributed by atoms with Gasteiger partial charge in [0.05, 0.1) is 16.4 Å². The van der Waals surface area contributed by atoms with Crippen LogP contribution in [0.5, 0.6) is 0 Å². The highest BCUT2D eigenvalue weighted by Gasteiger charge is 2.06. The maximum Gasteiger partial charge on any atom is 0.147 e. The molecular weight excluding hydrogens is 263 g/mol. The first-order chi connectivity index (χ1) is 6.68. The Hall–Kier alpha value is -0.800. The van der Waals surface area contributed by atoms with E-state index >= 15 is 0 Å². The Bertz CT molecular complexity index is 465. The first kappa shape index (κ1) is 9.74. The van der Waals surface area contributed by atoms with Crippen LogP contribution in [0.25, 0.3) is 5.69 Å². The minimum Gasteiger partial charge on any atom is -0.221 e. The van der Waals surface area contributed by atoms with Crippen LogP contribution in [0.4, 0.5) is 0 Å². The van der Waals surface area contributed by atoms with Crippen molar-refractivity contribution in [2.75, 3.05) is 0 Å². The van der Waals surface area contributed by atoms with Gasteiger partial charge in [0, 0.05) is 0 Å². The second kappa shape index (κ2) is 3.75. The quantitative estimate of drug-likeness (QED) is 0.775. The molecule has 0 radical (unpaired) electrons. The minimum absolute atomic E-state index is 0.593. The van der Waals surface area contributed by atoms with E-state index in [0.29, 0.717) is 5.15 Å². The molecule has 0 saturated carbocycles. The van der Waals surface area contributed by atoms with E-state index in [-0.39, 0.29) is 0 Å². The van der Waals surface area contributed by atoms with Crippen LogP contribution in [0, 0.1) is 6.92 Å². The van der Waals surface area contributed by atoms with Crippen molar-refractivity contribution < 1.29 is 0 Å². The number of aryl methyl sites for hydroxylation is 1. The molecule has 0 N–H and O–H groups in total. The summed E-state index contributed by atoms with van der Waals surface area (Å²) in [5, 5.41) is 4.76. The van der Waals surface area contributed by atoms with Crippen molar-refractivity contribution in [3.05, 3.63) is 45.7 Å². The summed E-state index contributed by atoms with van der Waals surface area (Å²) in [6, 6.07) is 8.02. The van der Waals surface area contributed by atoms with E-state index in [1.807, 2.05) is 31.2 Å². The van der Waals surface area contributed by atoms with Crippen LogP contribution in [-0.2, 0) is 0 Å². The highest BCUT2D eigenvalue weighted by atomic mass is 79.9. The van der Waals surface area contributed by atoms with E-state index in [0.717, 1.165) is 10.2 Å². The molecule has 0 saturated heterocycles. The molecule has 2 aromatic rings. The van der Waals surface area contributed by atoms with Crippen molar-refractivity contribution in [3.8, 4) is 5.69 Å².